The summed E-state index contributed by atoms with van der Waals surface area (Å²) in [6.45, 7) is 6.23. The molecule has 2 saturated heterocycles. The summed E-state index contributed by atoms with van der Waals surface area (Å²) >= 11 is 0. The van der Waals surface area contributed by atoms with E-state index < -0.39 is 6.10 Å². The van der Waals surface area contributed by atoms with Gasteiger partial charge in [-0.25, -0.2) is 0 Å². The highest BCUT2D eigenvalue weighted by Gasteiger charge is 2.34. The number of benzene rings is 2. The van der Waals surface area contributed by atoms with Crippen molar-refractivity contribution in [3.8, 4) is 0 Å². The number of hydrogen-bond donors (Lipinski definition) is 3. The number of nitrogens with one attached hydrogen (secondary N) is 2. The van der Waals surface area contributed by atoms with Gasteiger partial charge in [-0.3, -0.25) is 19.3 Å². The zero-order chi connectivity index (χ0) is 24.5. The van der Waals surface area contributed by atoms with E-state index in [0.29, 0.717) is 79.5 Å². The maximum absolute atomic E-state index is 13.5. The maximum Gasteiger partial charge on any atom is 0.219 e. The largest absolute Gasteiger partial charge is 0.390 e. The van der Waals surface area contributed by atoms with Crippen LogP contribution in [0, 0.1) is 0 Å². The third kappa shape index (κ3) is 4.93. The smallest absolute Gasteiger partial charge is 0.219 e. The van der Waals surface area contributed by atoms with Crippen molar-refractivity contribution in [3.05, 3.63) is 58.7 Å². The molecular formula is C26H30N4O5. The highest BCUT2D eigenvalue weighted by Crippen LogP contribution is 2.36. The molecule has 0 unspecified atom stereocenters. The molecule has 1 aliphatic carbocycles. The lowest BCUT2D eigenvalue weighted by Crippen LogP contribution is -2.50. The van der Waals surface area contributed by atoms with Crippen LogP contribution >= 0.6 is 0 Å². The monoisotopic (exact) mass is 478 g/mol. The van der Waals surface area contributed by atoms with Crippen LogP contribution in [0.4, 0.5) is 11.4 Å². The number of epoxide rings is 1. The van der Waals surface area contributed by atoms with Gasteiger partial charge in [0.15, 0.2) is 11.6 Å². The molecule has 35 heavy (non-hydrogen) atoms. The lowest BCUT2D eigenvalue weighted by Gasteiger charge is -2.35. The second-order valence-electron chi connectivity index (χ2n) is 9.29. The SMILES string of the molecule is CC(=O)N1CCN(C[C@@H](O)CNc2ccc(NC[C@H]3CO3)c3c2C(=O)c2ccccc2C3=O)CC1. The van der Waals surface area contributed by atoms with Gasteiger partial charge in [0.05, 0.1) is 29.9 Å². The first-order chi connectivity index (χ1) is 16.9. The summed E-state index contributed by atoms with van der Waals surface area (Å²) in [7, 11) is 0. The molecule has 3 aliphatic rings. The Morgan fingerprint density at radius 1 is 1.00 bits per heavy atom. The fraction of sp³-hybridized carbons (Fsp3) is 0.423. The summed E-state index contributed by atoms with van der Waals surface area (Å²) in [6.07, 6.45) is -0.557. The minimum Gasteiger partial charge on any atom is -0.390 e. The molecule has 5 rings (SSSR count). The Morgan fingerprint density at radius 2 is 1.57 bits per heavy atom. The van der Waals surface area contributed by atoms with E-state index in [1.54, 1.807) is 48.2 Å². The molecular weight excluding hydrogens is 448 g/mol. The molecule has 0 aromatic heterocycles. The van der Waals surface area contributed by atoms with Crippen molar-refractivity contribution < 1.29 is 24.2 Å². The molecule has 2 atom stereocenters. The van der Waals surface area contributed by atoms with Crippen LogP contribution in [-0.2, 0) is 9.53 Å². The molecule has 2 aromatic rings. The molecule has 0 spiro atoms. The van der Waals surface area contributed by atoms with Gasteiger partial charge in [-0.1, -0.05) is 24.3 Å². The van der Waals surface area contributed by atoms with Crippen LogP contribution in [-0.4, -0.2) is 97.0 Å². The number of carbonyl (C=O) groups is 3. The molecule has 2 fully saturated rings. The summed E-state index contributed by atoms with van der Waals surface area (Å²) in [5.41, 5.74) is 2.61. The minimum atomic E-state index is -0.680. The molecule has 184 valence electrons. The van der Waals surface area contributed by atoms with Crippen molar-refractivity contribution >= 4 is 28.8 Å². The molecule has 3 N–H and O–H groups in total. The number of ketones is 2. The number of ether oxygens (including phenoxy) is 1. The topological polar surface area (TPSA) is 115 Å². The quantitative estimate of drug-likeness (QED) is 0.414. The Balaban J connectivity index is 1.32. The molecule has 0 bridgehead atoms. The van der Waals surface area contributed by atoms with Gasteiger partial charge in [0.25, 0.3) is 0 Å². The predicted molar refractivity (Wildman–Crippen MR) is 131 cm³/mol. The van der Waals surface area contributed by atoms with E-state index in [2.05, 4.69) is 15.5 Å². The normalized spacial score (nSPS) is 20.2. The minimum absolute atomic E-state index is 0.0695. The van der Waals surface area contributed by atoms with Crippen molar-refractivity contribution in [3.63, 3.8) is 0 Å². The lowest BCUT2D eigenvalue weighted by atomic mass is 9.82. The first-order valence-corrected chi connectivity index (χ1v) is 12.0. The van der Waals surface area contributed by atoms with E-state index in [0.717, 1.165) is 0 Å². The van der Waals surface area contributed by atoms with Crippen molar-refractivity contribution in [1.29, 1.82) is 0 Å². The third-order valence-corrected chi connectivity index (χ3v) is 6.81. The van der Waals surface area contributed by atoms with E-state index in [1.165, 1.54) is 0 Å². The number of aliphatic hydroxyl groups is 1. The zero-order valence-corrected chi connectivity index (χ0v) is 19.8. The van der Waals surface area contributed by atoms with Crippen LogP contribution in [0.25, 0.3) is 0 Å². The summed E-state index contributed by atoms with van der Waals surface area (Å²) in [6, 6.07) is 10.5. The molecule has 1 amide bonds. The van der Waals surface area contributed by atoms with Crippen LogP contribution in [0.1, 0.15) is 38.8 Å². The first kappa shape index (κ1) is 23.5. The Hall–Kier alpha value is -3.27. The second kappa shape index (κ2) is 9.77. The standard InChI is InChI=1S/C26H30N4O5/c1-16(31)30-10-8-29(9-11-30)14-17(32)12-27-21-6-7-22(28-13-18-15-35-18)24-23(21)25(33)19-4-2-3-5-20(19)26(24)34/h2-7,17-18,27-28,32H,8-15H2,1H3/t17-,18-/m0/s1. The van der Waals surface area contributed by atoms with Gasteiger partial charge in [-0.05, 0) is 12.1 Å². The average molecular weight is 479 g/mol. The van der Waals surface area contributed by atoms with Crippen molar-refractivity contribution in [1.82, 2.24) is 9.80 Å². The highest BCUT2D eigenvalue weighted by atomic mass is 16.6. The van der Waals surface area contributed by atoms with Gasteiger partial charge in [-0.2, -0.15) is 0 Å². The molecule has 2 aliphatic heterocycles. The first-order valence-electron chi connectivity index (χ1n) is 12.0. The fourth-order valence-corrected chi connectivity index (χ4v) is 4.76. The molecule has 0 saturated carbocycles. The number of β-amino-alcohol motifs (C(OH)–C–C–N with tert-alkyl or cyclic N) is 1. The van der Waals surface area contributed by atoms with E-state index in [-0.39, 0.29) is 30.1 Å². The second-order valence-corrected chi connectivity index (χ2v) is 9.29. The van der Waals surface area contributed by atoms with Crippen LogP contribution in [0.3, 0.4) is 0 Å². The summed E-state index contributed by atoms with van der Waals surface area (Å²) in [4.78, 5) is 42.4. The van der Waals surface area contributed by atoms with E-state index in [9.17, 15) is 19.5 Å². The highest BCUT2D eigenvalue weighted by molar-refractivity contribution is 6.31. The molecule has 9 nitrogen and oxygen atoms in total. The number of amides is 1. The zero-order valence-electron chi connectivity index (χ0n) is 19.8. The van der Waals surface area contributed by atoms with Crippen molar-refractivity contribution in [2.24, 2.45) is 0 Å². The Labute approximate surface area is 204 Å². The van der Waals surface area contributed by atoms with Crippen LogP contribution < -0.4 is 10.6 Å². The van der Waals surface area contributed by atoms with Gasteiger partial charge in [0.2, 0.25) is 5.91 Å². The Bertz CT molecular complexity index is 1150. The van der Waals surface area contributed by atoms with E-state index >= 15 is 0 Å². The average Bonchev–Trinajstić information content (AvgIpc) is 3.69. The van der Waals surface area contributed by atoms with Crippen LogP contribution in [0.5, 0.6) is 0 Å². The van der Waals surface area contributed by atoms with Crippen molar-refractivity contribution in [2.75, 3.05) is 63.1 Å². The molecule has 2 aromatic carbocycles. The fourth-order valence-electron chi connectivity index (χ4n) is 4.76. The summed E-state index contributed by atoms with van der Waals surface area (Å²) in [5.74, 6) is -0.333. The maximum atomic E-state index is 13.5. The molecule has 9 heteroatoms. The van der Waals surface area contributed by atoms with Crippen molar-refractivity contribution in [2.45, 2.75) is 19.1 Å². The number of nitrogens with zero attached hydrogens (tertiary/aromatic N) is 2. The van der Waals surface area contributed by atoms with Gasteiger partial charge in [0, 0.05) is 75.2 Å². The van der Waals surface area contributed by atoms with Gasteiger partial charge < -0.3 is 25.4 Å². The Morgan fingerprint density at radius 3 is 2.11 bits per heavy atom. The van der Waals surface area contributed by atoms with Gasteiger partial charge in [0.1, 0.15) is 0 Å². The molecule has 2 heterocycles. The van der Waals surface area contributed by atoms with E-state index in [4.69, 9.17) is 4.74 Å². The lowest BCUT2D eigenvalue weighted by molar-refractivity contribution is -0.130. The van der Waals surface area contributed by atoms with E-state index in [1.807, 2.05) is 0 Å². The number of carbonyl (C=O) groups excluding carboxylic acids is 3. The summed E-state index contributed by atoms with van der Waals surface area (Å²) < 4.78 is 5.27. The number of anilines is 2. The third-order valence-electron chi connectivity index (χ3n) is 6.81. The molecule has 0 radical (unpaired) electrons. The number of hydrogen-bond acceptors (Lipinski definition) is 8. The van der Waals surface area contributed by atoms with Crippen LogP contribution in [0.2, 0.25) is 0 Å². The predicted octanol–water partition coefficient (Wildman–Crippen LogP) is 1.21. The number of fused-ring (bicyclic) bond motifs is 2. The Kier molecular flexibility index (Phi) is 6.55. The number of piperazine rings is 1. The van der Waals surface area contributed by atoms with Gasteiger partial charge >= 0.3 is 0 Å². The number of rotatable bonds is 8. The number of aliphatic hydroxyl groups excluding tert-OH is 1. The summed E-state index contributed by atoms with van der Waals surface area (Å²) in [5, 5.41) is 17.1. The van der Waals surface area contributed by atoms with Crippen LogP contribution in [0.15, 0.2) is 36.4 Å². The van der Waals surface area contributed by atoms with Gasteiger partial charge in [-0.15, -0.1) is 0 Å².